The van der Waals surface area contributed by atoms with Gasteiger partial charge in [0.1, 0.15) is 5.56 Å². The van der Waals surface area contributed by atoms with Crippen LogP contribution in [-0.4, -0.2) is 6.11 Å². The molecule has 1 aromatic rings. The molecular formula is C26H34F6O. The first-order valence-corrected chi connectivity index (χ1v) is 12.2. The Labute approximate surface area is 192 Å². The highest BCUT2D eigenvalue weighted by Crippen LogP contribution is 2.47. The van der Waals surface area contributed by atoms with Crippen LogP contribution in [-0.2, 0) is 6.18 Å². The van der Waals surface area contributed by atoms with Gasteiger partial charge in [0.15, 0.2) is 11.6 Å². The van der Waals surface area contributed by atoms with Crippen LogP contribution in [0, 0.1) is 29.5 Å². The van der Waals surface area contributed by atoms with Gasteiger partial charge in [-0.25, -0.2) is 4.39 Å². The summed E-state index contributed by atoms with van der Waals surface area (Å²) in [6.45, 7) is 3.69. The van der Waals surface area contributed by atoms with Crippen molar-refractivity contribution in [3.63, 3.8) is 0 Å². The lowest BCUT2D eigenvalue weighted by atomic mass is 9.68. The van der Waals surface area contributed by atoms with Crippen molar-refractivity contribution in [2.45, 2.75) is 90.3 Å². The van der Waals surface area contributed by atoms with Gasteiger partial charge < -0.3 is 4.74 Å². The molecule has 3 rings (SSSR count). The third-order valence-electron chi connectivity index (χ3n) is 7.52. The Morgan fingerprint density at radius 1 is 0.909 bits per heavy atom. The Hall–Kier alpha value is -1.66. The van der Waals surface area contributed by atoms with Crippen molar-refractivity contribution in [3.8, 4) is 5.75 Å². The lowest BCUT2D eigenvalue weighted by molar-refractivity contribution is -0.226. The van der Waals surface area contributed by atoms with Crippen LogP contribution < -0.4 is 4.74 Å². The van der Waals surface area contributed by atoms with Crippen molar-refractivity contribution in [1.82, 2.24) is 0 Å². The van der Waals surface area contributed by atoms with Gasteiger partial charge in [-0.15, -0.1) is 0 Å². The highest BCUT2D eigenvalue weighted by Gasteiger charge is 2.46. The van der Waals surface area contributed by atoms with E-state index in [1.165, 1.54) is 38.7 Å². The number of ether oxygens (including phenoxy) is 1. The van der Waals surface area contributed by atoms with Crippen LogP contribution in [0.15, 0.2) is 18.2 Å². The monoisotopic (exact) mass is 476 g/mol. The third-order valence-corrected chi connectivity index (χ3v) is 7.52. The molecule has 33 heavy (non-hydrogen) atoms. The average molecular weight is 477 g/mol. The Morgan fingerprint density at radius 3 is 2.00 bits per heavy atom. The van der Waals surface area contributed by atoms with E-state index >= 15 is 0 Å². The molecule has 0 bridgehead atoms. The molecule has 0 aromatic heterocycles. The smallest absolute Gasteiger partial charge is 0.419 e. The summed E-state index contributed by atoms with van der Waals surface area (Å²) in [6.07, 6.45) is 2.61. The SMILES string of the molecule is C/C=C/c1ccc(OC(F)(F)C2CCC(C3CCC(CCC)CC3)CC2)c(F)c1C(F)(F)F. The zero-order chi connectivity index (χ0) is 24.2. The average Bonchev–Trinajstić information content (AvgIpc) is 2.76. The maximum Gasteiger partial charge on any atom is 0.419 e. The van der Waals surface area contributed by atoms with E-state index in [1.807, 2.05) is 0 Å². The zero-order valence-electron chi connectivity index (χ0n) is 19.4. The van der Waals surface area contributed by atoms with Crippen LogP contribution in [0.1, 0.15) is 89.2 Å². The number of allylic oxidation sites excluding steroid dienone is 1. The molecule has 0 unspecified atom stereocenters. The molecule has 0 aliphatic heterocycles. The van der Waals surface area contributed by atoms with Gasteiger partial charge >= 0.3 is 12.3 Å². The minimum atomic E-state index is -5.03. The quantitative estimate of drug-likeness (QED) is 0.356. The van der Waals surface area contributed by atoms with Crippen molar-refractivity contribution in [1.29, 1.82) is 0 Å². The van der Waals surface area contributed by atoms with Crippen LogP contribution in [0.3, 0.4) is 0 Å². The number of rotatable bonds is 7. The largest absolute Gasteiger partial charge is 0.429 e. The molecule has 186 valence electrons. The van der Waals surface area contributed by atoms with Crippen LogP contribution >= 0.6 is 0 Å². The number of halogens is 6. The molecule has 0 N–H and O–H groups in total. The normalized spacial score (nSPS) is 27.2. The Balaban J connectivity index is 1.64. The minimum Gasteiger partial charge on any atom is -0.429 e. The summed E-state index contributed by atoms with van der Waals surface area (Å²) in [5.74, 6) is -2.22. The molecule has 2 saturated carbocycles. The van der Waals surface area contributed by atoms with Gasteiger partial charge in [-0.05, 0) is 74.8 Å². The van der Waals surface area contributed by atoms with Crippen molar-refractivity contribution >= 4 is 6.08 Å². The molecule has 2 aliphatic rings. The third kappa shape index (κ3) is 6.27. The predicted octanol–water partition coefficient (Wildman–Crippen LogP) is 9.26. The lowest BCUT2D eigenvalue weighted by Crippen LogP contribution is -2.38. The summed E-state index contributed by atoms with van der Waals surface area (Å²) in [5, 5.41) is 0. The van der Waals surface area contributed by atoms with E-state index in [0.717, 1.165) is 37.0 Å². The van der Waals surface area contributed by atoms with Gasteiger partial charge in [-0.2, -0.15) is 22.0 Å². The molecule has 1 nitrogen and oxygen atoms in total. The molecule has 0 spiro atoms. The van der Waals surface area contributed by atoms with Gasteiger partial charge in [0.05, 0.1) is 5.92 Å². The molecule has 0 radical (unpaired) electrons. The van der Waals surface area contributed by atoms with Gasteiger partial charge in [0.25, 0.3) is 0 Å². The van der Waals surface area contributed by atoms with Gasteiger partial charge in [-0.3, -0.25) is 0 Å². The van der Waals surface area contributed by atoms with Gasteiger partial charge in [0, 0.05) is 0 Å². The van der Waals surface area contributed by atoms with Crippen molar-refractivity contribution in [2.75, 3.05) is 0 Å². The fourth-order valence-electron chi connectivity index (χ4n) is 5.77. The summed E-state index contributed by atoms with van der Waals surface area (Å²) < 4.78 is 89.1. The molecular weight excluding hydrogens is 442 g/mol. The van der Waals surface area contributed by atoms with Gasteiger partial charge in [0.2, 0.25) is 0 Å². The summed E-state index contributed by atoms with van der Waals surface area (Å²) in [5.41, 5.74) is -2.01. The Morgan fingerprint density at radius 2 is 1.48 bits per heavy atom. The van der Waals surface area contributed by atoms with E-state index in [-0.39, 0.29) is 12.8 Å². The van der Waals surface area contributed by atoms with E-state index in [0.29, 0.717) is 24.7 Å². The number of benzene rings is 1. The first-order chi connectivity index (χ1) is 15.6. The molecule has 0 heterocycles. The van der Waals surface area contributed by atoms with Crippen molar-refractivity contribution in [3.05, 3.63) is 35.2 Å². The summed E-state index contributed by atoms with van der Waals surface area (Å²) in [4.78, 5) is 0. The first kappa shape index (κ1) is 26.0. The van der Waals surface area contributed by atoms with Gasteiger partial charge in [-0.1, -0.05) is 50.8 Å². The highest BCUT2D eigenvalue weighted by atomic mass is 19.4. The second-order valence-electron chi connectivity index (χ2n) is 9.68. The van der Waals surface area contributed by atoms with Crippen LogP contribution in [0.2, 0.25) is 0 Å². The van der Waals surface area contributed by atoms with E-state index in [2.05, 4.69) is 11.7 Å². The fourth-order valence-corrected chi connectivity index (χ4v) is 5.77. The van der Waals surface area contributed by atoms with E-state index in [9.17, 15) is 26.3 Å². The van der Waals surface area contributed by atoms with Crippen molar-refractivity contribution in [2.24, 2.45) is 23.7 Å². The Kier molecular flexibility index (Phi) is 8.44. The second-order valence-corrected chi connectivity index (χ2v) is 9.68. The first-order valence-electron chi connectivity index (χ1n) is 12.2. The fraction of sp³-hybridized carbons (Fsp3) is 0.692. The van der Waals surface area contributed by atoms with Crippen LogP contribution in [0.5, 0.6) is 5.75 Å². The number of alkyl halides is 5. The topological polar surface area (TPSA) is 9.23 Å². The van der Waals surface area contributed by atoms with Crippen LogP contribution in [0.4, 0.5) is 26.3 Å². The Bertz CT molecular complexity index is 800. The molecule has 2 aliphatic carbocycles. The molecule has 0 saturated heterocycles. The molecule has 7 heteroatoms. The molecule has 0 amide bonds. The minimum absolute atomic E-state index is 0.233. The molecule has 0 atom stereocenters. The van der Waals surface area contributed by atoms with E-state index in [1.54, 1.807) is 0 Å². The van der Waals surface area contributed by atoms with E-state index < -0.39 is 40.9 Å². The van der Waals surface area contributed by atoms with E-state index in [4.69, 9.17) is 0 Å². The summed E-state index contributed by atoms with van der Waals surface area (Å²) in [6, 6.07) is 1.82. The number of hydrogen-bond donors (Lipinski definition) is 0. The molecule has 2 fully saturated rings. The number of hydrogen-bond acceptors (Lipinski definition) is 1. The highest BCUT2D eigenvalue weighted by molar-refractivity contribution is 5.57. The molecule has 1 aromatic carbocycles. The second kappa shape index (κ2) is 10.7. The zero-order valence-corrected chi connectivity index (χ0v) is 19.4. The predicted molar refractivity (Wildman–Crippen MR) is 117 cm³/mol. The maximum atomic E-state index is 14.9. The lowest BCUT2D eigenvalue weighted by Gasteiger charge is -2.39. The van der Waals surface area contributed by atoms with Crippen LogP contribution in [0.25, 0.3) is 6.08 Å². The maximum absolute atomic E-state index is 14.9. The standard InChI is InChI=1S/C26H34F6O/c1-3-5-17-7-9-18(10-8-17)19-11-14-21(15-12-19)26(31,32)33-22-16-13-20(6-4-2)23(24(22)27)25(28,29)30/h4,6,13,16-19,21H,3,5,7-12,14-15H2,1-2H3/b6-4+. The summed E-state index contributed by atoms with van der Waals surface area (Å²) in [7, 11) is 0. The summed E-state index contributed by atoms with van der Waals surface area (Å²) >= 11 is 0. The van der Waals surface area contributed by atoms with Crippen molar-refractivity contribution < 1.29 is 31.1 Å².